The van der Waals surface area contributed by atoms with E-state index in [-0.39, 0.29) is 17.3 Å². The summed E-state index contributed by atoms with van der Waals surface area (Å²) >= 11 is 0. The van der Waals surface area contributed by atoms with Crippen LogP contribution in [0.5, 0.6) is 0 Å². The molecule has 3 heteroatoms. The van der Waals surface area contributed by atoms with Gasteiger partial charge in [0.1, 0.15) is 0 Å². The van der Waals surface area contributed by atoms with Crippen molar-refractivity contribution in [2.45, 2.75) is 97.8 Å². The Labute approximate surface area is 164 Å². The normalized spacial score (nSPS) is 10.8. The van der Waals surface area contributed by atoms with Crippen molar-refractivity contribution in [2.75, 3.05) is 0 Å². The Balaban J connectivity index is 3.01. The third kappa shape index (κ3) is 8.64. The maximum absolute atomic E-state index is 12.6. The third-order valence-electron chi connectivity index (χ3n) is 4.92. The molecule has 0 unspecified atom stereocenters. The van der Waals surface area contributed by atoms with Crippen molar-refractivity contribution in [1.29, 1.82) is 0 Å². The maximum atomic E-state index is 12.6. The van der Waals surface area contributed by atoms with E-state index in [9.17, 15) is 14.4 Å². The van der Waals surface area contributed by atoms with Crippen LogP contribution >= 0.6 is 0 Å². The van der Waals surface area contributed by atoms with Crippen LogP contribution in [0.15, 0.2) is 18.2 Å². The van der Waals surface area contributed by atoms with Crippen molar-refractivity contribution in [3.05, 3.63) is 34.9 Å². The van der Waals surface area contributed by atoms with Gasteiger partial charge in [-0.3, -0.25) is 14.4 Å². The summed E-state index contributed by atoms with van der Waals surface area (Å²) in [6, 6.07) is 5.10. The Kier molecular flexibility index (Phi) is 11.6. The van der Waals surface area contributed by atoms with Gasteiger partial charge in [0.15, 0.2) is 17.3 Å². The molecule has 0 heterocycles. The van der Waals surface area contributed by atoms with E-state index >= 15 is 0 Å². The van der Waals surface area contributed by atoms with Gasteiger partial charge in [0.2, 0.25) is 0 Å². The van der Waals surface area contributed by atoms with E-state index in [0.717, 1.165) is 57.8 Å². The number of unbranched alkanes of at least 4 members (excludes halogenated alkanes) is 6. The minimum atomic E-state index is 0.0364. The van der Waals surface area contributed by atoms with E-state index in [2.05, 4.69) is 20.8 Å². The second-order valence-electron chi connectivity index (χ2n) is 7.44. The van der Waals surface area contributed by atoms with Crippen LogP contribution in [0.2, 0.25) is 0 Å². The number of ketones is 3. The van der Waals surface area contributed by atoms with Gasteiger partial charge in [-0.25, -0.2) is 0 Å². The maximum Gasteiger partial charge on any atom is 0.162 e. The van der Waals surface area contributed by atoms with E-state index in [0.29, 0.717) is 36.0 Å². The quantitative estimate of drug-likeness (QED) is 0.246. The minimum Gasteiger partial charge on any atom is -0.294 e. The molecule has 0 aliphatic heterocycles. The molecule has 0 bridgehead atoms. The summed E-state index contributed by atoms with van der Waals surface area (Å²) in [7, 11) is 0. The lowest BCUT2D eigenvalue weighted by Gasteiger charge is -2.09. The monoisotopic (exact) mass is 372 g/mol. The van der Waals surface area contributed by atoms with Crippen LogP contribution in [0.4, 0.5) is 0 Å². The highest BCUT2D eigenvalue weighted by Gasteiger charge is 2.16. The molecule has 0 amide bonds. The number of hydrogen-bond donors (Lipinski definition) is 0. The van der Waals surface area contributed by atoms with Gasteiger partial charge in [-0.05, 0) is 37.5 Å². The Morgan fingerprint density at radius 3 is 1.00 bits per heavy atom. The van der Waals surface area contributed by atoms with Crippen LogP contribution in [-0.4, -0.2) is 17.3 Å². The van der Waals surface area contributed by atoms with Gasteiger partial charge in [-0.15, -0.1) is 0 Å². The number of hydrogen-bond acceptors (Lipinski definition) is 3. The summed E-state index contributed by atoms with van der Waals surface area (Å²) in [5.41, 5.74) is 1.56. The smallest absolute Gasteiger partial charge is 0.162 e. The first-order valence-electron chi connectivity index (χ1n) is 10.8. The Morgan fingerprint density at radius 1 is 0.519 bits per heavy atom. The molecule has 0 aliphatic rings. The van der Waals surface area contributed by atoms with Crippen molar-refractivity contribution >= 4 is 17.3 Å². The van der Waals surface area contributed by atoms with E-state index in [1.165, 1.54) is 0 Å². The lowest BCUT2D eigenvalue weighted by atomic mass is 9.93. The van der Waals surface area contributed by atoms with Crippen LogP contribution in [0.3, 0.4) is 0 Å². The van der Waals surface area contributed by atoms with Crippen molar-refractivity contribution < 1.29 is 14.4 Å². The van der Waals surface area contributed by atoms with Crippen molar-refractivity contribution in [2.24, 2.45) is 0 Å². The third-order valence-corrected chi connectivity index (χ3v) is 4.92. The number of carbonyl (C=O) groups excluding carboxylic acids is 3. The lowest BCUT2D eigenvalue weighted by Crippen LogP contribution is -2.09. The highest BCUT2D eigenvalue weighted by atomic mass is 16.1. The Hall–Kier alpha value is -1.77. The second kappa shape index (κ2) is 13.4. The zero-order valence-corrected chi connectivity index (χ0v) is 17.4. The summed E-state index contributed by atoms with van der Waals surface area (Å²) in [6.45, 7) is 6.31. The van der Waals surface area contributed by atoms with E-state index < -0.39 is 0 Å². The molecule has 0 fully saturated rings. The summed E-state index contributed by atoms with van der Waals surface area (Å²) in [4.78, 5) is 37.7. The van der Waals surface area contributed by atoms with Gasteiger partial charge in [0.25, 0.3) is 0 Å². The molecule has 1 aromatic rings. The van der Waals surface area contributed by atoms with Crippen molar-refractivity contribution in [1.82, 2.24) is 0 Å². The fourth-order valence-corrected chi connectivity index (χ4v) is 3.15. The van der Waals surface area contributed by atoms with Crippen LogP contribution in [-0.2, 0) is 0 Å². The molecule has 0 atom stereocenters. The molecular formula is C24H36O3. The number of benzene rings is 1. The first-order valence-corrected chi connectivity index (χ1v) is 10.8. The summed E-state index contributed by atoms with van der Waals surface area (Å²) in [6.07, 6.45) is 10.2. The molecule has 0 N–H and O–H groups in total. The Bertz CT molecular complexity index is 518. The Morgan fingerprint density at radius 2 is 0.778 bits per heavy atom. The average Bonchev–Trinajstić information content (AvgIpc) is 2.67. The van der Waals surface area contributed by atoms with Gasteiger partial charge < -0.3 is 0 Å². The summed E-state index contributed by atoms with van der Waals surface area (Å²) < 4.78 is 0. The zero-order chi connectivity index (χ0) is 20.1. The van der Waals surface area contributed by atoms with E-state index in [1.54, 1.807) is 18.2 Å². The van der Waals surface area contributed by atoms with Gasteiger partial charge in [-0.1, -0.05) is 59.3 Å². The van der Waals surface area contributed by atoms with Crippen molar-refractivity contribution in [3.63, 3.8) is 0 Å². The largest absolute Gasteiger partial charge is 0.294 e. The molecule has 0 saturated carbocycles. The lowest BCUT2D eigenvalue weighted by molar-refractivity contribution is 0.0978. The molecule has 3 nitrogen and oxygen atoms in total. The summed E-state index contributed by atoms with van der Waals surface area (Å²) in [5.74, 6) is 0.109. The van der Waals surface area contributed by atoms with Crippen LogP contribution in [0.1, 0.15) is 129 Å². The molecule has 150 valence electrons. The van der Waals surface area contributed by atoms with Crippen molar-refractivity contribution in [3.8, 4) is 0 Å². The van der Waals surface area contributed by atoms with E-state index in [4.69, 9.17) is 0 Å². The van der Waals surface area contributed by atoms with Gasteiger partial charge in [-0.2, -0.15) is 0 Å². The molecule has 0 radical (unpaired) electrons. The molecule has 1 rings (SSSR count). The SMILES string of the molecule is CCCCCC(=O)c1cc(C(=O)CCCCC)cc(C(=O)CCCCC)c1. The number of rotatable bonds is 15. The van der Waals surface area contributed by atoms with Crippen LogP contribution < -0.4 is 0 Å². The molecule has 0 aromatic heterocycles. The standard InChI is InChI=1S/C24H36O3/c1-4-7-10-13-22(25)19-16-20(23(26)14-11-8-5-2)18-21(17-19)24(27)15-12-9-6-3/h16-18H,4-15H2,1-3H3. The molecular weight excluding hydrogens is 336 g/mol. The van der Waals surface area contributed by atoms with Gasteiger partial charge >= 0.3 is 0 Å². The first kappa shape index (κ1) is 23.3. The predicted octanol–water partition coefficient (Wildman–Crippen LogP) is 6.98. The predicted molar refractivity (Wildman–Crippen MR) is 112 cm³/mol. The highest BCUT2D eigenvalue weighted by Crippen LogP contribution is 2.19. The summed E-state index contributed by atoms with van der Waals surface area (Å²) in [5, 5.41) is 0. The number of Topliss-reactive ketones (excluding diaryl/α,β-unsaturated/α-hetero) is 3. The topological polar surface area (TPSA) is 51.2 Å². The molecule has 27 heavy (non-hydrogen) atoms. The molecule has 1 aromatic carbocycles. The molecule has 0 aliphatic carbocycles. The van der Waals surface area contributed by atoms with Gasteiger partial charge in [0, 0.05) is 36.0 Å². The molecule has 0 saturated heterocycles. The van der Waals surface area contributed by atoms with E-state index in [1.807, 2.05) is 0 Å². The second-order valence-corrected chi connectivity index (χ2v) is 7.44. The first-order chi connectivity index (χ1) is 13.0. The average molecular weight is 373 g/mol. The van der Waals surface area contributed by atoms with Gasteiger partial charge in [0.05, 0.1) is 0 Å². The number of carbonyl (C=O) groups is 3. The van der Waals surface area contributed by atoms with Crippen LogP contribution in [0, 0.1) is 0 Å². The minimum absolute atomic E-state index is 0.0364. The fraction of sp³-hybridized carbons (Fsp3) is 0.625. The highest BCUT2D eigenvalue weighted by molar-refractivity contribution is 6.06. The molecule has 0 spiro atoms. The zero-order valence-electron chi connectivity index (χ0n) is 17.4. The van der Waals surface area contributed by atoms with Crippen LogP contribution in [0.25, 0.3) is 0 Å². The fourth-order valence-electron chi connectivity index (χ4n) is 3.15.